The van der Waals surface area contributed by atoms with Gasteiger partial charge in [0.05, 0.1) is 0 Å². The molecule has 0 bridgehead atoms. The van der Waals surface area contributed by atoms with Gasteiger partial charge in [-0.3, -0.25) is 0 Å². The molecule has 1 aliphatic heterocycles. The van der Waals surface area contributed by atoms with Crippen LogP contribution in [0.3, 0.4) is 0 Å². The van der Waals surface area contributed by atoms with Crippen LogP contribution in [0.4, 0.5) is 4.79 Å². The zero-order valence-electron chi connectivity index (χ0n) is 9.69. The summed E-state index contributed by atoms with van der Waals surface area (Å²) < 4.78 is 5.38. The van der Waals surface area contributed by atoms with Crippen LogP contribution in [-0.2, 0) is 4.74 Å². The topological polar surface area (TPSA) is 55.6 Å². The Morgan fingerprint density at radius 1 is 1.47 bits per heavy atom. The minimum absolute atomic E-state index is 0.192. The summed E-state index contributed by atoms with van der Waals surface area (Å²) in [6.07, 6.45) is 2.00. The highest BCUT2D eigenvalue weighted by Crippen LogP contribution is 2.47. The molecule has 1 heterocycles. The zero-order chi connectivity index (χ0) is 11.2. The van der Waals surface area contributed by atoms with Crippen LogP contribution in [0.2, 0.25) is 0 Å². The number of hydrogen-bond acceptors (Lipinski definition) is 3. The number of nitrogens with zero attached hydrogens (tertiary/aromatic N) is 1. The van der Waals surface area contributed by atoms with Crippen molar-refractivity contribution in [2.24, 2.45) is 11.7 Å². The second kappa shape index (κ2) is 3.37. The molecule has 15 heavy (non-hydrogen) atoms. The third-order valence-corrected chi connectivity index (χ3v) is 3.09. The van der Waals surface area contributed by atoms with E-state index in [0.717, 1.165) is 12.8 Å². The van der Waals surface area contributed by atoms with Crippen LogP contribution in [0.1, 0.15) is 33.6 Å². The SMILES string of the molecule is CC(C)(C)OC(=O)N1[C@@H](CN)C[C@H]2C[C@H]21. The Balaban J connectivity index is 1.99. The average molecular weight is 212 g/mol. The summed E-state index contributed by atoms with van der Waals surface area (Å²) in [7, 11) is 0. The van der Waals surface area contributed by atoms with Crippen molar-refractivity contribution in [2.75, 3.05) is 6.54 Å². The van der Waals surface area contributed by atoms with Gasteiger partial charge in [-0.1, -0.05) is 0 Å². The molecule has 1 amide bonds. The molecule has 0 spiro atoms. The molecule has 2 rings (SSSR count). The van der Waals surface area contributed by atoms with Gasteiger partial charge in [0.1, 0.15) is 5.60 Å². The van der Waals surface area contributed by atoms with E-state index in [1.165, 1.54) is 0 Å². The van der Waals surface area contributed by atoms with Crippen LogP contribution in [0.15, 0.2) is 0 Å². The van der Waals surface area contributed by atoms with Crippen molar-refractivity contribution in [3.8, 4) is 0 Å². The molecule has 0 aromatic rings. The van der Waals surface area contributed by atoms with Gasteiger partial charge in [-0.15, -0.1) is 0 Å². The molecule has 0 radical (unpaired) electrons. The molecule has 4 heteroatoms. The summed E-state index contributed by atoms with van der Waals surface area (Å²) in [5, 5.41) is 0. The molecule has 86 valence electrons. The van der Waals surface area contributed by atoms with Crippen LogP contribution < -0.4 is 5.73 Å². The number of nitrogens with two attached hydrogens (primary N) is 1. The monoisotopic (exact) mass is 212 g/mol. The standard InChI is InChI=1S/C11H20N2O2/c1-11(2,3)15-10(14)13-8(6-12)4-7-5-9(7)13/h7-9H,4-6,12H2,1-3H3/t7-,8+,9+/m0/s1. The number of likely N-dealkylation sites (tertiary alicyclic amines) is 1. The minimum Gasteiger partial charge on any atom is -0.444 e. The van der Waals surface area contributed by atoms with Gasteiger partial charge in [0.15, 0.2) is 0 Å². The lowest BCUT2D eigenvalue weighted by molar-refractivity contribution is 0.0191. The van der Waals surface area contributed by atoms with Gasteiger partial charge >= 0.3 is 6.09 Å². The van der Waals surface area contributed by atoms with Crippen molar-refractivity contribution in [3.63, 3.8) is 0 Å². The molecule has 2 aliphatic rings. The largest absolute Gasteiger partial charge is 0.444 e. The number of carbonyl (C=O) groups is 1. The Hall–Kier alpha value is -0.770. The maximum Gasteiger partial charge on any atom is 0.410 e. The van der Waals surface area contributed by atoms with Gasteiger partial charge in [0, 0.05) is 18.6 Å². The summed E-state index contributed by atoms with van der Waals surface area (Å²) >= 11 is 0. The Morgan fingerprint density at radius 3 is 2.67 bits per heavy atom. The average Bonchev–Trinajstić information content (AvgIpc) is 2.73. The van der Waals surface area contributed by atoms with Crippen molar-refractivity contribution < 1.29 is 9.53 Å². The number of hydrogen-bond donors (Lipinski definition) is 1. The Bertz CT molecular complexity index is 272. The number of amides is 1. The number of fused-ring (bicyclic) bond motifs is 1. The van der Waals surface area contributed by atoms with Crippen molar-refractivity contribution in [1.29, 1.82) is 0 Å². The minimum atomic E-state index is -0.413. The van der Waals surface area contributed by atoms with Crippen molar-refractivity contribution >= 4 is 6.09 Å². The van der Waals surface area contributed by atoms with Gasteiger partial charge in [-0.25, -0.2) is 4.79 Å². The third kappa shape index (κ3) is 2.09. The van der Waals surface area contributed by atoms with Crippen molar-refractivity contribution in [3.05, 3.63) is 0 Å². The van der Waals surface area contributed by atoms with E-state index >= 15 is 0 Å². The van der Waals surface area contributed by atoms with E-state index in [-0.39, 0.29) is 12.1 Å². The van der Waals surface area contributed by atoms with E-state index in [1.807, 2.05) is 25.7 Å². The van der Waals surface area contributed by atoms with E-state index in [9.17, 15) is 4.79 Å². The fourth-order valence-electron chi connectivity index (χ4n) is 2.37. The lowest BCUT2D eigenvalue weighted by Gasteiger charge is -2.29. The number of piperidine rings is 1. The molecule has 2 fully saturated rings. The second-order valence-electron chi connectivity index (χ2n) is 5.58. The molecular formula is C11H20N2O2. The zero-order valence-corrected chi connectivity index (χ0v) is 9.69. The van der Waals surface area contributed by atoms with Gasteiger partial charge in [-0.2, -0.15) is 0 Å². The van der Waals surface area contributed by atoms with Gasteiger partial charge in [0.2, 0.25) is 0 Å². The number of carbonyl (C=O) groups excluding carboxylic acids is 1. The van der Waals surface area contributed by atoms with Gasteiger partial charge in [-0.05, 0) is 39.5 Å². The van der Waals surface area contributed by atoms with Crippen LogP contribution in [0.25, 0.3) is 0 Å². The van der Waals surface area contributed by atoms with E-state index in [4.69, 9.17) is 10.5 Å². The summed E-state index contributed by atoms with van der Waals surface area (Å²) in [6, 6.07) is 0.608. The Labute approximate surface area is 90.8 Å². The maximum absolute atomic E-state index is 11.9. The molecule has 0 aromatic heterocycles. The molecule has 1 aliphatic carbocycles. The number of rotatable bonds is 1. The van der Waals surface area contributed by atoms with Crippen LogP contribution in [0.5, 0.6) is 0 Å². The first kappa shape index (κ1) is 10.7. The van der Waals surface area contributed by atoms with Crippen LogP contribution in [0, 0.1) is 5.92 Å². The van der Waals surface area contributed by atoms with E-state index in [1.54, 1.807) is 0 Å². The third-order valence-electron chi connectivity index (χ3n) is 3.09. The summed E-state index contributed by atoms with van der Waals surface area (Å²) in [5.41, 5.74) is 5.25. The normalized spacial score (nSPS) is 33.9. The highest BCUT2D eigenvalue weighted by molar-refractivity contribution is 5.70. The molecule has 1 saturated heterocycles. The van der Waals surface area contributed by atoms with Crippen LogP contribution in [-0.4, -0.2) is 35.2 Å². The first-order valence-corrected chi connectivity index (χ1v) is 5.64. The molecule has 4 nitrogen and oxygen atoms in total. The highest BCUT2D eigenvalue weighted by Gasteiger charge is 2.54. The molecule has 1 saturated carbocycles. The van der Waals surface area contributed by atoms with Crippen LogP contribution >= 0.6 is 0 Å². The van der Waals surface area contributed by atoms with Gasteiger partial charge < -0.3 is 15.4 Å². The predicted octanol–water partition coefficient (Wildman–Crippen LogP) is 1.34. The Morgan fingerprint density at radius 2 is 2.13 bits per heavy atom. The second-order valence-corrected chi connectivity index (χ2v) is 5.58. The summed E-state index contributed by atoms with van der Waals surface area (Å²) in [4.78, 5) is 13.8. The predicted molar refractivity (Wildman–Crippen MR) is 57.4 cm³/mol. The fourth-order valence-corrected chi connectivity index (χ4v) is 2.37. The van der Waals surface area contributed by atoms with Crippen molar-refractivity contribution in [1.82, 2.24) is 4.90 Å². The molecule has 2 N–H and O–H groups in total. The van der Waals surface area contributed by atoms with E-state index < -0.39 is 5.60 Å². The van der Waals surface area contributed by atoms with Gasteiger partial charge in [0.25, 0.3) is 0 Å². The highest BCUT2D eigenvalue weighted by atomic mass is 16.6. The molecular weight excluding hydrogens is 192 g/mol. The first-order valence-electron chi connectivity index (χ1n) is 5.64. The number of ether oxygens (including phenoxy) is 1. The Kier molecular flexibility index (Phi) is 2.41. The molecule has 0 unspecified atom stereocenters. The van der Waals surface area contributed by atoms with E-state index in [2.05, 4.69) is 0 Å². The molecule has 0 aromatic carbocycles. The summed E-state index contributed by atoms with van der Waals surface area (Å²) in [6.45, 7) is 6.22. The van der Waals surface area contributed by atoms with Crippen molar-refractivity contribution in [2.45, 2.75) is 51.3 Å². The molecule has 3 atom stereocenters. The lowest BCUT2D eigenvalue weighted by atomic mass is 10.2. The maximum atomic E-state index is 11.9. The summed E-state index contributed by atoms with van der Waals surface area (Å²) in [5.74, 6) is 0.686. The lowest BCUT2D eigenvalue weighted by Crippen LogP contribution is -2.45. The first-order chi connectivity index (χ1) is 6.92. The van der Waals surface area contributed by atoms with E-state index in [0.29, 0.717) is 18.5 Å². The quantitative estimate of drug-likeness (QED) is 0.713. The smallest absolute Gasteiger partial charge is 0.410 e. The fraction of sp³-hybridized carbons (Fsp3) is 0.909.